The van der Waals surface area contributed by atoms with Gasteiger partial charge in [-0.05, 0) is 41.8 Å². The Balaban J connectivity index is 1.25. The predicted octanol–water partition coefficient (Wildman–Crippen LogP) is 3.65. The van der Waals surface area contributed by atoms with Gasteiger partial charge in [0.15, 0.2) is 11.8 Å². The number of aromatic nitrogens is 4. The molecule has 0 radical (unpaired) electrons. The van der Waals surface area contributed by atoms with E-state index in [-0.39, 0.29) is 40.0 Å². The van der Waals surface area contributed by atoms with Crippen LogP contribution in [0.25, 0.3) is 28.5 Å². The zero-order valence-corrected chi connectivity index (χ0v) is 22.9. The van der Waals surface area contributed by atoms with Crippen molar-refractivity contribution in [2.45, 2.75) is 23.6 Å². The zero-order valence-electron chi connectivity index (χ0n) is 22.1. The van der Waals surface area contributed by atoms with E-state index in [1.54, 1.807) is 30.3 Å². The summed E-state index contributed by atoms with van der Waals surface area (Å²) in [5, 5.41) is 25.8. The van der Waals surface area contributed by atoms with E-state index in [9.17, 15) is 31.5 Å². The standard InChI is InChI=1S/C28H23F3N6O5S/c29-28(30,31)24-22(16-34-37(24)20-4-2-1-3-5-20)27-35-25(36-42-27)19-10-8-18(9-11-19)23(38)26(39)33-15-14-17-6-12-21(13-7-17)43(32,40)41/h1-13,16,23,38H,14-15H2,(H,33,39)(H2,32,40,41). The molecule has 1 amide bonds. The molecule has 0 aliphatic heterocycles. The molecule has 222 valence electrons. The van der Waals surface area contributed by atoms with Crippen LogP contribution in [0.2, 0.25) is 0 Å². The number of aliphatic hydroxyl groups excluding tert-OH is 1. The molecule has 3 aromatic carbocycles. The Hall–Kier alpha value is -4.86. The van der Waals surface area contributed by atoms with E-state index in [2.05, 4.69) is 20.6 Å². The number of hydrogen-bond acceptors (Lipinski definition) is 8. The number of halogens is 3. The fraction of sp³-hybridized carbons (Fsp3) is 0.143. The molecule has 5 rings (SSSR count). The first-order chi connectivity index (χ1) is 20.4. The number of rotatable bonds is 9. The van der Waals surface area contributed by atoms with Crippen molar-refractivity contribution in [1.82, 2.24) is 25.2 Å². The monoisotopic (exact) mass is 612 g/mol. The molecular formula is C28H23F3N6O5S. The topological polar surface area (TPSA) is 166 Å². The van der Waals surface area contributed by atoms with Crippen LogP contribution in [0.1, 0.15) is 22.9 Å². The summed E-state index contributed by atoms with van der Waals surface area (Å²) >= 11 is 0. The Morgan fingerprint density at radius 3 is 2.33 bits per heavy atom. The maximum atomic E-state index is 14.0. The number of primary sulfonamides is 1. The average Bonchev–Trinajstić information content (AvgIpc) is 3.65. The number of nitrogens with one attached hydrogen (secondary N) is 1. The van der Waals surface area contributed by atoms with Crippen molar-refractivity contribution < 1.29 is 36.0 Å². The summed E-state index contributed by atoms with van der Waals surface area (Å²) in [6, 6.07) is 19.6. The molecule has 5 aromatic rings. The van der Waals surface area contributed by atoms with E-state index in [0.717, 1.165) is 16.4 Å². The summed E-state index contributed by atoms with van der Waals surface area (Å²) in [5.41, 5.74) is 0.126. The Morgan fingerprint density at radius 1 is 1.02 bits per heavy atom. The lowest BCUT2D eigenvalue weighted by atomic mass is 10.1. The molecule has 1 atom stereocenters. The zero-order chi connectivity index (χ0) is 30.8. The second kappa shape index (κ2) is 11.8. The SMILES string of the molecule is NS(=O)(=O)c1ccc(CCNC(=O)C(O)c2ccc(-c3noc(-c4cnn(-c5ccccc5)c4C(F)(F)F)n3)cc2)cc1. The number of sulfonamides is 1. The van der Waals surface area contributed by atoms with Gasteiger partial charge in [0.2, 0.25) is 15.8 Å². The number of alkyl halides is 3. The summed E-state index contributed by atoms with van der Waals surface area (Å²) < 4.78 is 70.6. The Kier molecular flexibility index (Phi) is 8.12. The van der Waals surface area contributed by atoms with Crippen LogP contribution >= 0.6 is 0 Å². The summed E-state index contributed by atoms with van der Waals surface area (Å²) in [4.78, 5) is 16.5. The maximum absolute atomic E-state index is 14.0. The molecule has 0 saturated heterocycles. The lowest BCUT2D eigenvalue weighted by Gasteiger charge is -2.12. The van der Waals surface area contributed by atoms with Crippen LogP contribution < -0.4 is 10.5 Å². The van der Waals surface area contributed by atoms with Gasteiger partial charge in [0.1, 0.15) is 0 Å². The van der Waals surface area contributed by atoms with Crippen LogP contribution in [0.5, 0.6) is 0 Å². The van der Waals surface area contributed by atoms with Gasteiger partial charge >= 0.3 is 6.18 Å². The van der Waals surface area contributed by atoms with Crippen LogP contribution in [0, 0.1) is 0 Å². The number of nitrogens with two attached hydrogens (primary N) is 1. The molecule has 0 bridgehead atoms. The molecule has 0 aliphatic carbocycles. The number of benzene rings is 3. The number of para-hydroxylation sites is 1. The molecule has 15 heteroatoms. The van der Waals surface area contributed by atoms with Crippen LogP contribution in [-0.4, -0.2) is 45.9 Å². The van der Waals surface area contributed by atoms with E-state index in [1.807, 2.05) is 0 Å². The predicted molar refractivity (Wildman–Crippen MR) is 147 cm³/mol. The summed E-state index contributed by atoms with van der Waals surface area (Å²) in [7, 11) is -3.80. The lowest BCUT2D eigenvalue weighted by Crippen LogP contribution is -2.31. The highest BCUT2D eigenvalue weighted by molar-refractivity contribution is 7.89. The van der Waals surface area contributed by atoms with Gasteiger partial charge in [0, 0.05) is 12.1 Å². The quantitative estimate of drug-likeness (QED) is 0.227. The molecule has 0 fully saturated rings. The first-order valence-electron chi connectivity index (χ1n) is 12.6. The van der Waals surface area contributed by atoms with E-state index in [0.29, 0.717) is 12.0 Å². The first kappa shape index (κ1) is 29.6. The molecule has 1 unspecified atom stereocenters. The highest BCUT2D eigenvalue weighted by atomic mass is 32.2. The minimum absolute atomic E-state index is 0.00506. The van der Waals surface area contributed by atoms with Crippen molar-refractivity contribution >= 4 is 15.9 Å². The molecule has 2 heterocycles. The number of aliphatic hydroxyl groups is 1. The van der Waals surface area contributed by atoms with E-state index in [4.69, 9.17) is 9.66 Å². The first-order valence-corrected chi connectivity index (χ1v) is 14.2. The fourth-order valence-electron chi connectivity index (χ4n) is 4.23. The van der Waals surface area contributed by atoms with Crippen molar-refractivity contribution in [3.63, 3.8) is 0 Å². The average molecular weight is 613 g/mol. The van der Waals surface area contributed by atoms with Crippen LogP contribution in [-0.2, 0) is 27.4 Å². The molecule has 0 spiro atoms. The van der Waals surface area contributed by atoms with Crippen molar-refractivity contribution in [2.75, 3.05) is 6.54 Å². The third-order valence-corrected chi connectivity index (χ3v) is 7.32. The molecule has 0 saturated carbocycles. The van der Waals surface area contributed by atoms with Gasteiger partial charge < -0.3 is 14.9 Å². The summed E-state index contributed by atoms with van der Waals surface area (Å²) in [6.07, 6.45) is -4.89. The molecular weight excluding hydrogens is 589 g/mol. The summed E-state index contributed by atoms with van der Waals surface area (Å²) in [5.74, 6) is -1.05. The smallest absolute Gasteiger partial charge is 0.378 e. The third-order valence-electron chi connectivity index (χ3n) is 6.39. The second-order valence-electron chi connectivity index (χ2n) is 9.33. The molecule has 0 aliphatic rings. The minimum Gasteiger partial charge on any atom is -0.378 e. The van der Waals surface area contributed by atoms with Gasteiger partial charge in [-0.1, -0.05) is 59.8 Å². The molecule has 2 aromatic heterocycles. The number of carbonyl (C=O) groups excluding carboxylic acids is 1. The van der Waals surface area contributed by atoms with Crippen LogP contribution in [0.4, 0.5) is 13.2 Å². The molecule has 11 nitrogen and oxygen atoms in total. The van der Waals surface area contributed by atoms with Crippen LogP contribution in [0.3, 0.4) is 0 Å². The third kappa shape index (κ3) is 6.63. The van der Waals surface area contributed by atoms with Gasteiger partial charge in [-0.25, -0.2) is 18.2 Å². The van der Waals surface area contributed by atoms with Gasteiger partial charge in [-0.2, -0.15) is 23.3 Å². The number of hydrogen-bond donors (Lipinski definition) is 3. The van der Waals surface area contributed by atoms with E-state index >= 15 is 0 Å². The summed E-state index contributed by atoms with van der Waals surface area (Å²) in [6.45, 7) is 0.176. The van der Waals surface area contributed by atoms with Crippen molar-refractivity contribution in [3.05, 3.63) is 102 Å². The van der Waals surface area contributed by atoms with Crippen LogP contribution in [0.15, 0.2) is 94.5 Å². The Labute approximate surface area is 242 Å². The molecule has 4 N–H and O–H groups in total. The van der Waals surface area contributed by atoms with Crippen molar-refractivity contribution in [3.8, 4) is 28.5 Å². The van der Waals surface area contributed by atoms with E-state index < -0.39 is 33.9 Å². The van der Waals surface area contributed by atoms with Gasteiger partial charge in [0.25, 0.3) is 11.8 Å². The van der Waals surface area contributed by atoms with Crippen molar-refractivity contribution in [1.29, 1.82) is 0 Å². The number of carbonyl (C=O) groups is 1. The minimum atomic E-state index is -4.77. The lowest BCUT2D eigenvalue weighted by molar-refractivity contribution is -0.142. The van der Waals surface area contributed by atoms with Gasteiger partial charge in [-0.15, -0.1) is 0 Å². The fourth-order valence-corrected chi connectivity index (χ4v) is 4.75. The van der Waals surface area contributed by atoms with E-state index in [1.165, 1.54) is 48.5 Å². The normalized spacial score (nSPS) is 12.7. The van der Waals surface area contributed by atoms with Gasteiger partial charge in [0.05, 0.1) is 22.3 Å². The number of amides is 1. The second-order valence-corrected chi connectivity index (χ2v) is 10.9. The highest BCUT2D eigenvalue weighted by Gasteiger charge is 2.40. The van der Waals surface area contributed by atoms with Crippen molar-refractivity contribution in [2.24, 2.45) is 5.14 Å². The number of nitrogens with zero attached hydrogens (tertiary/aromatic N) is 4. The maximum Gasteiger partial charge on any atom is 0.434 e. The highest BCUT2D eigenvalue weighted by Crippen LogP contribution is 2.38. The molecule has 43 heavy (non-hydrogen) atoms. The Morgan fingerprint density at radius 2 is 1.70 bits per heavy atom. The van der Waals surface area contributed by atoms with Gasteiger partial charge in [-0.3, -0.25) is 4.79 Å². The Bertz CT molecular complexity index is 1840. The largest absolute Gasteiger partial charge is 0.434 e.